The molecule has 0 aliphatic carbocycles. The zero-order valence-corrected chi connectivity index (χ0v) is 13.8. The summed E-state index contributed by atoms with van der Waals surface area (Å²) in [6.07, 6.45) is 6.28. The second-order valence-corrected chi connectivity index (χ2v) is 6.14. The molecule has 0 radical (unpaired) electrons. The lowest BCUT2D eigenvalue weighted by Crippen LogP contribution is -2.31. The van der Waals surface area contributed by atoms with Gasteiger partial charge in [0.1, 0.15) is 0 Å². The highest BCUT2D eigenvalue weighted by atomic mass is 32.2. The second-order valence-electron chi connectivity index (χ2n) is 4.97. The van der Waals surface area contributed by atoms with Crippen LogP contribution in [-0.2, 0) is 4.79 Å². The number of hydrogen-bond donors (Lipinski definition) is 0. The summed E-state index contributed by atoms with van der Waals surface area (Å²) in [4.78, 5) is 19.3. The van der Waals surface area contributed by atoms with Gasteiger partial charge in [-0.25, -0.2) is 0 Å². The minimum Gasteiger partial charge on any atom is -0.312 e. The number of pyridine rings is 1. The number of aromatic nitrogens is 1. The van der Waals surface area contributed by atoms with E-state index in [0.717, 1.165) is 30.8 Å². The van der Waals surface area contributed by atoms with Gasteiger partial charge in [0.2, 0.25) is 5.91 Å². The van der Waals surface area contributed by atoms with E-state index in [-0.39, 0.29) is 5.91 Å². The van der Waals surface area contributed by atoms with Crippen molar-refractivity contribution in [3.8, 4) is 0 Å². The van der Waals surface area contributed by atoms with E-state index in [9.17, 15) is 4.79 Å². The zero-order valence-electron chi connectivity index (χ0n) is 12.9. The van der Waals surface area contributed by atoms with E-state index < -0.39 is 0 Å². The number of amides is 1. The highest BCUT2D eigenvalue weighted by molar-refractivity contribution is 7.99. The molecular weight excluding hydrogens is 292 g/mol. The molecule has 0 saturated heterocycles. The van der Waals surface area contributed by atoms with Crippen LogP contribution in [0.15, 0.2) is 59.8 Å². The fourth-order valence-electron chi connectivity index (χ4n) is 2.19. The van der Waals surface area contributed by atoms with Gasteiger partial charge in [-0.2, -0.15) is 0 Å². The van der Waals surface area contributed by atoms with Gasteiger partial charge in [-0.1, -0.05) is 25.1 Å². The summed E-state index contributed by atoms with van der Waals surface area (Å²) in [5.74, 6) is 1.25. The van der Waals surface area contributed by atoms with Crippen molar-refractivity contribution < 1.29 is 4.79 Å². The lowest BCUT2D eigenvalue weighted by Gasteiger charge is -2.22. The molecule has 2 aromatic rings. The van der Waals surface area contributed by atoms with Gasteiger partial charge < -0.3 is 4.90 Å². The van der Waals surface area contributed by atoms with Gasteiger partial charge in [-0.15, -0.1) is 11.8 Å². The van der Waals surface area contributed by atoms with Crippen LogP contribution in [0.25, 0.3) is 0 Å². The van der Waals surface area contributed by atoms with Crippen molar-refractivity contribution in [2.24, 2.45) is 0 Å². The molecule has 1 heterocycles. The Morgan fingerprint density at radius 2 is 1.82 bits per heavy atom. The summed E-state index contributed by atoms with van der Waals surface area (Å²) in [6.45, 7) is 2.70. The maximum Gasteiger partial charge on any atom is 0.226 e. The van der Waals surface area contributed by atoms with Crippen LogP contribution in [0.5, 0.6) is 0 Å². The van der Waals surface area contributed by atoms with E-state index in [1.165, 1.54) is 4.90 Å². The Hall–Kier alpha value is -1.81. The molecular formula is C18H22N2OS. The van der Waals surface area contributed by atoms with Crippen LogP contribution in [0.1, 0.15) is 26.2 Å². The van der Waals surface area contributed by atoms with E-state index in [0.29, 0.717) is 6.42 Å². The Morgan fingerprint density at radius 3 is 2.50 bits per heavy atom. The number of carbonyl (C=O) groups is 1. The summed E-state index contributed by atoms with van der Waals surface area (Å²) in [7, 11) is 0. The molecule has 3 nitrogen and oxygen atoms in total. The molecule has 0 aliphatic rings. The molecule has 0 aliphatic heterocycles. The third-order valence-corrected chi connectivity index (χ3v) is 4.46. The van der Waals surface area contributed by atoms with Gasteiger partial charge in [-0.05, 0) is 42.9 Å². The average molecular weight is 314 g/mol. The minimum atomic E-state index is 0.188. The quantitative estimate of drug-likeness (QED) is 0.535. The van der Waals surface area contributed by atoms with Crippen molar-refractivity contribution in [3.63, 3.8) is 0 Å². The molecule has 0 atom stereocenters. The second kappa shape index (κ2) is 9.26. The third kappa shape index (κ3) is 5.19. The van der Waals surface area contributed by atoms with E-state index >= 15 is 0 Å². The van der Waals surface area contributed by atoms with E-state index in [1.54, 1.807) is 0 Å². The van der Waals surface area contributed by atoms with E-state index in [4.69, 9.17) is 0 Å². The van der Waals surface area contributed by atoms with Gasteiger partial charge in [-0.3, -0.25) is 9.78 Å². The van der Waals surface area contributed by atoms with E-state index in [1.807, 2.05) is 78.4 Å². The number of nitrogens with zero attached hydrogens (tertiary/aromatic N) is 2. The van der Waals surface area contributed by atoms with Gasteiger partial charge in [0.15, 0.2) is 0 Å². The first-order valence-corrected chi connectivity index (χ1v) is 8.68. The first kappa shape index (κ1) is 16.6. The Kier molecular flexibility index (Phi) is 6.97. The van der Waals surface area contributed by atoms with Crippen LogP contribution in [0.2, 0.25) is 0 Å². The van der Waals surface area contributed by atoms with Gasteiger partial charge in [0.25, 0.3) is 0 Å². The number of hydrogen-bond acceptors (Lipinski definition) is 3. The van der Waals surface area contributed by atoms with Crippen LogP contribution < -0.4 is 4.90 Å². The largest absolute Gasteiger partial charge is 0.312 e. The fraction of sp³-hybridized carbons (Fsp3) is 0.333. The monoisotopic (exact) mass is 314 g/mol. The summed E-state index contributed by atoms with van der Waals surface area (Å²) in [5, 5.41) is 0. The number of thioether (sulfide) groups is 1. The lowest BCUT2D eigenvalue weighted by molar-refractivity contribution is -0.118. The van der Waals surface area contributed by atoms with Gasteiger partial charge in [0, 0.05) is 35.9 Å². The molecule has 0 unspecified atom stereocenters. The first-order valence-electron chi connectivity index (χ1n) is 7.69. The van der Waals surface area contributed by atoms with Crippen molar-refractivity contribution in [2.45, 2.75) is 31.1 Å². The summed E-state index contributed by atoms with van der Waals surface area (Å²) < 4.78 is 0. The van der Waals surface area contributed by atoms with Crippen molar-refractivity contribution in [2.75, 3.05) is 17.2 Å². The predicted molar refractivity (Wildman–Crippen MR) is 93.3 cm³/mol. The predicted octanol–water partition coefficient (Wildman–Crippen LogP) is 4.40. The Balaban J connectivity index is 1.78. The number of anilines is 1. The smallest absolute Gasteiger partial charge is 0.226 e. The Morgan fingerprint density at radius 1 is 1.09 bits per heavy atom. The first-order chi connectivity index (χ1) is 10.8. The molecule has 0 fully saturated rings. The van der Waals surface area contributed by atoms with Crippen LogP contribution in [-0.4, -0.2) is 23.2 Å². The molecule has 1 aromatic carbocycles. The molecule has 116 valence electrons. The minimum absolute atomic E-state index is 0.188. The summed E-state index contributed by atoms with van der Waals surface area (Å²) >= 11 is 1.84. The van der Waals surface area contributed by atoms with Gasteiger partial charge in [0.05, 0.1) is 0 Å². The average Bonchev–Trinajstić information content (AvgIpc) is 2.59. The molecule has 1 aromatic heterocycles. The highest BCUT2D eigenvalue weighted by Gasteiger charge is 2.12. The van der Waals surface area contributed by atoms with Crippen molar-refractivity contribution in [1.29, 1.82) is 0 Å². The molecule has 0 N–H and O–H groups in total. The van der Waals surface area contributed by atoms with Crippen LogP contribution in [0, 0.1) is 0 Å². The van der Waals surface area contributed by atoms with E-state index in [2.05, 4.69) is 4.98 Å². The third-order valence-electron chi connectivity index (χ3n) is 3.37. The number of benzene rings is 1. The van der Waals surface area contributed by atoms with Crippen LogP contribution in [0.4, 0.5) is 5.69 Å². The molecule has 2 rings (SSSR count). The Labute approximate surface area is 136 Å². The number of rotatable bonds is 8. The zero-order chi connectivity index (χ0) is 15.6. The van der Waals surface area contributed by atoms with Crippen LogP contribution in [0.3, 0.4) is 0 Å². The fourth-order valence-corrected chi connectivity index (χ4v) is 3.09. The van der Waals surface area contributed by atoms with Gasteiger partial charge >= 0.3 is 0 Å². The molecule has 0 saturated carbocycles. The number of unbranched alkanes of at least 4 members (excludes halogenated alkanes) is 1. The summed E-state index contributed by atoms with van der Waals surface area (Å²) in [6, 6.07) is 14.0. The standard InChI is InChI=1S/C18H22N2OS/c1-2-18(21)20(16-8-4-3-5-9-16)14-6-7-15-22-17-10-12-19-13-11-17/h3-5,8-13H,2,6-7,14-15H2,1H3. The van der Waals surface area contributed by atoms with Crippen molar-refractivity contribution >= 4 is 23.4 Å². The Bertz CT molecular complexity index is 560. The SMILES string of the molecule is CCC(=O)N(CCCCSc1ccncc1)c1ccccc1. The molecule has 1 amide bonds. The maximum atomic E-state index is 12.1. The number of carbonyl (C=O) groups excluding carboxylic acids is 1. The number of para-hydroxylation sites is 1. The molecule has 4 heteroatoms. The normalized spacial score (nSPS) is 10.4. The van der Waals surface area contributed by atoms with Crippen molar-refractivity contribution in [3.05, 3.63) is 54.9 Å². The molecule has 0 spiro atoms. The maximum absolute atomic E-state index is 12.1. The molecule has 22 heavy (non-hydrogen) atoms. The summed E-state index contributed by atoms with van der Waals surface area (Å²) in [5.41, 5.74) is 0.996. The van der Waals surface area contributed by atoms with Crippen LogP contribution >= 0.6 is 11.8 Å². The van der Waals surface area contributed by atoms with Crippen molar-refractivity contribution in [1.82, 2.24) is 4.98 Å². The topological polar surface area (TPSA) is 33.2 Å². The molecule has 0 bridgehead atoms. The highest BCUT2D eigenvalue weighted by Crippen LogP contribution is 2.19. The lowest BCUT2D eigenvalue weighted by atomic mass is 10.2.